The first-order valence-corrected chi connectivity index (χ1v) is 8.25. The van der Waals surface area contributed by atoms with Crippen molar-refractivity contribution in [2.45, 2.75) is 80.6 Å². The molecule has 0 fully saturated rings. The minimum absolute atomic E-state index is 0.106. The summed E-state index contributed by atoms with van der Waals surface area (Å²) in [5.41, 5.74) is 0.0710. The topological polar surface area (TPSA) is 63.6 Å². The number of Topliss-reactive ketones (excluding diaryl/α,β-unsaturated/α-hetero) is 1. The number of hydrogen-bond acceptors (Lipinski definition) is 4. The van der Waals surface area contributed by atoms with E-state index in [2.05, 4.69) is 20.8 Å². The highest BCUT2D eigenvalue weighted by molar-refractivity contribution is 5.77. The van der Waals surface area contributed by atoms with Crippen molar-refractivity contribution in [3.05, 3.63) is 0 Å². The molecule has 1 N–H and O–H groups in total. The summed E-state index contributed by atoms with van der Waals surface area (Å²) in [7, 11) is 0. The lowest BCUT2D eigenvalue weighted by atomic mass is 9.84. The zero-order valence-corrected chi connectivity index (χ0v) is 15.6. The summed E-state index contributed by atoms with van der Waals surface area (Å²) in [4.78, 5) is 22.0. The molecule has 0 unspecified atom stereocenters. The molecule has 22 heavy (non-hydrogen) atoms. The largest absolute Gasteiger partial charge is 0.466 e. The minimum atomic E-state index is -0.280. The number of esters is 1. The highest BCUT2D eigenvalue weighted by Gasteiger charge is 2.24. The normalized spacial score (nSPS) is 11.5. The first-order chi connectivity index (χ1) is 9.99. The van der Waals surface area contributed by atoms with Crippen molar-refractivity contribution in [2.75, 3.05) is 13.2 Å². The van der Waals surface area contributed by atoms with Crippen LogP contribution in [0.4, 0.5) is 0 Å². The van der Waals surface area contributed by atoms with Gasteiger partial charge in [0.25, 0.3) is 0 Å². The summed E-state index contributed by atoms with van der Waals surface area (Å²) >= 11 is 0. The number of aliphatic hydroxyl groups is 1. The van der Waals surface area contributed by atoms with Gasteiger partial charge >= 0.3 is 5.97 Å². The van der Waals surface area contributed by atoms with Crippen molar-refractivity contribution in [1.29, 1.82) is 0 Å². The average Bonchev–Trinajstić information content (AvgIpc) is 2.26. The van der Waals surface area contributed by atoms with Gasteiger partial charge in [0.05, 0.1) is 13.0 Å². The number of carbonyl (C=O) groups excluding carboxylic acids is 2. The van der Waals surface area contributed by atoms with Gasteiger partial charge in [-0.1, -0.05) is 41.0 Å². The smallest absolute Gasteiger partial charge is 0.306 e. The molecule has 132 valence electrons. The lowest BCUT2D eigenvalue weighted by Crippen LogP contribution is -2.21. The zero-order valence-electron chi connectivity index (χ0n) is 15.6. The SMILES string of the molecule is CCCC(C)(C)CCO.CCOC(=O)CC(C)(C)CC(C)=O. The van der Waals surface area contributed by atoms with Crippen LogP contribution in [0, 0.1) is 10.8 Å². The third-order valence-electron chi connectivity index (χ3n) is 3.37. The van der Waals surface area contributed by atoms with Crippen LogP contribution in [0.25, 0.3) is 0 Å². The van der Waals surface area contributed by atoms with Crippen molar-refractivity contribution in [1.82, 2.24) is 0 Å². The fraction of sp³-hybridized carbons (Fsp3) is 0.889. The molecule has 0 aliphatic carbocycles. The van der Waals surface area contributed by atoms with Crippen molar-refractivity contribution >= 4 is 11.8 Å². The Morgan fingerprint density at radius 3 is 1.86 bits per heavy atom. The van der Waals surface area contributed by atoms with E-state index in [1.54, 1.807) is 6.92 Å². The molecule has 0 spiro atoms. The van der Waals surface area contributed by atoms with E-state index in [0.717, 1.165) is 6.42 Å². The van der Waals surface area contributed by atoms with E-state index in [4.69, 9.17) is 9.84 Å². The standard InChI is InChI=1S/C10H18O3.C8H18O/c1-5-13-9(12)7-10(3,4)6-8(2)11;1-4-5-8(2,3)6-7-9/h5-7H2,1-4H3;9H,4-7H2,1-3H3. The molecule has 0 amide bonds. The molecule has 0 saturated carbocycles. The number of ketones is 1. The lowest BCUT2D eigenvalue weighted by molar-refractivity contribution is -0.145. The van der Waals surface area contributed by atoms with Gasteiger partial charge in [-0.05, 0) is 37.5 Å². The Labute approximate surface area is 136 Å². The van der Waals surface area contributed by atoms with E-state index in [0.29, 0.717) is 31.5 Å². The maximum atomic E-state index is 11.1. The van der Waals surface area contributed by atoms with Crippen LogP contribution in [-0.4, -0.2) is 30.1 Å². The third kappa shape index (κ3) is 15.5. The molecular weight excluding hydrogens is 280 g/mol. The predicted molar refractivity (Wildman–Crippen MR) is 90.7 cm³/mol. The van der Waals surface area contributed by atoms with Crippen LogP contribution in [0.15, 0.2) is 0 Å². The number of aliphatic hydroxyl groups excluding tert-OH is 1. The van der Waals surface area contributed by atoms with Gasteiger partial charge in [0.2, 0.25) is 0 Å². The first kappa shape index (κ1) is 23.4. The van der Waals surface area contributed by atoms with E-state index in [9.17, 15) is 9.59 Å². The van der Waals surface area contributed by atoms with Crippen molar-refractivity contribution in [3.63, 3.8) is 0 Å². The first-order valence-electron chi connectivity index (χ1n) is 8.25. The second-order valence-electron chi connectivity index (χ2n) is 7.41. The van der Waals surface area contributed by atoms with Gasteiger partial charge in [-0.25, -0.2) is 0 Å². The molecule has 0 aliphatic rings. The quantitative estimate of drug-likeness (QED) is 0.649. The molecule has 0 atom stereocenters. The highest BCUT2D eigenvalue weighted by Crippen LogP contribution is 2.26. The van der Waals surface area contributed by atoms with Crippen LogP contribution in [0.1, 0.15) is 80.6 Å². The molecule has 0 radical (unpaired) electrons. The number of ether oxygens (including phenoxy) is 1. The second kappa shape index (κ2) is 11.6. The maximum absolute atomic E-state index is 11.1. The van der Waals surface area contributed by atoms with Crippen molar-refractivity contribution in [2.24, 2.45) is 10.8 Å². The summed E-state index contributed by atoms with van der Waals surface area (Å²) in [5, 5.41) is 8.63. The molecule has 0 rings (SSSR count). The van der Waals surface area contributed by atoms with Gasteiger partial charge in [-0.2, -0.15) is 0 Å². The van der Waals surface area contributed by atoms with Gasteiger partial charge in [-0.15, -0.1) is 0 Å². The number of rotatable bonds is 9. The van der Waals surface area contributed by atoms with Crippen LogP contribution in [-0.2, 0) is 14.3 Å². The molecule has 4 heteroatoms. The number of carbonyl (C=O) groups is 2. The Morgan fingerprint density at radius 2 is 1.50 bits per heavy atom. The predicted octanol–water partition coefficient (Wildman–Crippen LogP) is 4.14. The van der Waals surface area contributed by atoms with E-state index < -0.39 is 0 Å². The van der Waals surface area contributed by atoms with E-state index >= 15 is 0 Å². The summed E-state index contributed by atoms with van der Waals surface area (Å²) < 4.78 is 4.81. The summed E-state index contributed by atoms with van der Waals surface area (Å²) in [6.07, 6.45) is 4.09. The molecule has 0 saturated heterocycles. The van der Waals surface area contributed by atoms with Gasteiger partial charge in [0.15, 0.2) is 0 Å². The summed E-state index contributed by atoms with van der Waals surface area (Å²) in [6.45, 7) is 14.4. The van der Waals surface area contributed by atoms with Crippen molar-refractivity contribution in [3.8, 4) is 0 Å². The molecule has 0 aromatic carbocycles. The molecule has 0 aromatic heterocycles. The van der Waals surface area contributed by atoms with Gasteiger partial charge in [0, 0.05) is 13.0 Å². The summed E-state index contributed by atoms with van der Waals surface area (Å²) in [6, 6.07) is 0. The highest BCUT2D eigenvalue weighted by atomic mass is 16.5. The van der Waals surface area contributed by atoms with Crippen LogP contribution in [0.2, 0.25) is 0 Å². The molecular formula is C18H36O4. The van der Waals surface area contributed by atoms with Gasteiger partial charge in [-0.3, -0.25) is 4.79 Å². The Balaban J connectivity index is 0. The van der Waals surface area contributed by atoms with Crippen molar-refractivity contribution < 1.29 is 19.4 Å². The monoisotopic (exact) mass is 316 g/mol. The molecule has 0 aromatic rings. The lowest BCUT2D eigenvalue weighted by Gasteiger charge is -2.22. The number of hydrogen-bond donors (Lipinski definition) is 1. The Kier molecular flexibility index (Phi) is 12.4. The molecule has 0 bridgehead atoms. The van der Waals surface area contributed by atoms with Crippen LogP contribution in [0.5, 0.6) is 0 Å². The summed E-state index contributed by atoms with van der Waals surface area (Å²) in [5.74, 6) is -0.122. The minimum Gasteiger partial charge on any atom is -0.466 e. The van der Waals surface area contributed by atoms with Gasteiger partial charge in [0.1, 0.15) is 5.78 Å². The second-order valence-corrected chi connectivity index (χ2v) is 7.41. The average molecular weight is 316 g/mol. The van der Waals surface area contributed by atoms with Gasteiger partial charge < -0.3 is 14.6 Å². The Bertz CT molecular complexity index is 311. The third-order valence-corrected chi connectivity index (χ3v) is 3.37. The fourth-order valence-corrected chi connectivity index (χ4v) is 2.44. The Hall–Kier alpha value is -0.900. The van der Waals surface area contributed by atoms with E-state index in [-0.39, 0.29) is 17.2 Å². The van der Waals surface area contributed by atoms with E-state index in [1.165, 1.54) is 19.8 Å². The molecule has 4 nitrogen and oxygen atoms in total. The molecule has 0 aliphatic heterocycles. The van der Waals surface area contributed by atoms with Crippen LogP contribution in [0.3, 0.4) is 0 Å². The molecule has 0 heterocycles. The Morgan fingerprint density at radius 1 is 0.955 bits per heavy atom. The fourth-order valence-electron chi connectivity index (χ4n) is 2.44. The van der Waals surface area contributed by atoms with Crippen LogP contribution >= 0.6 is 0 Å². The maximum Gasteiger partial charge on any atom is 0.306 e. The van der Waals surface area contributed by atoms with Crippen LogP contribution < -0.4 is 0 Å². The van der Waals surface area contributed by atoms with E-state index in [1.807, 2.05) is 13.8 Å². The zero-order chi connectivity index (χ0) is 17.8.